The van der Waals surface area contributed by atoms with Crippen LogP contribution in [-0.4, -0.2) is 20.4 Å². The lowest BCUT2D eigenvalue weighted by molar-refractivity contribution is 0.0981. The summed E-state index contributed by atoms with van der Waals surface area (Å²) in [5, 5.41) is 7.99. The summed E-state index contributed by atoms with van der Waals surface area (Å²) < 4.78 is 1.73. The maximum absolute atomic E-state index is 13.2. The lowest BCUT2D eigenvalue weighted by Crippen LogP contribution is -2.14. The van der Waals surface area contributed by atoms with Crippen molar-refractivity contribution in [2.24, 2.45) is 5.73 Å². The standard InChI is InChI=1S/C29H25N5O/c1-20(30)23-14-12-21(13-15-23)18-26(35)28-32-29(31-19-22-8-4-2-5-9-22)27-25(16-17-34(27)33-28)24-10-6-3-7-11-24/h2-17H,1,18-19,30H2,(H,31,32,33). The van der Waals surface area contributed by atoms with E-state index < -0.39 is 0 Å². The number of hydrogen-bond acceptors (Lipinski definition) is 5. The smallest absolute Gasteiger partial charge is 0.218 e. The average molecular weight is 460 g/mol. The van der Waals surface area contributed by atoms with Crippen LogP contribution in [0.3, 0.4) is 0 Å². The zero-order chi connectivity index (χ0) is 24.2. The van der Waals surface area contributed by atoms with Crippen LogP contribution in [0.2, 0.25) is 0 Å². The number of anilines is 1. The van der Waals surface area contributed by atoms with Crippen LogP contribution < -0.4 is 11.1 Å². The molecule has 0 aliphatic carbocycles. The highest BCUT2D eigenvalue weighted by Crippen LogP contribution is 2.30. The first-order valence-corrected chi connectivity index (χ1v) is 11.4. The summed E-state index contributed by atoms with van der Waals surface area (Å²) in [6.45, 7) is 4.32. The first-order valence-electron chi connectivity index (χ1n) is 11.4. The van der Waals surface area contributed by atoms with Gasteiger partial charge in [0.15, 0.2) is 5.82 Å². The Labute approximate surface area is 203 Å². The van der Waals surface area contributed by atoms with Crippen molar-refractivity contribution in [3.63, 3.8) is 0 Å². The second kappa shape index (κ2) is 9.65. The molecule has 172 valence electrons. The first kappa shape index (κ1) is 22.1. The Morgan fingerprint density at radius 3 is 2.26 bits per heavy atom. The fraction of sp³-hybridized carbons (Fsp3) is 0.0690. The maximum atomic E-state index is 13.2. The molecule has 0 aliphatic heterocycles. The number of carbonyl (C=O) groups excluding carboxylic acids is 1. The van der Waals surface area contributed by atoms with Crippen molar-refractivity contribution in [1.29, 1.82) is 0 Å². The molecule has 0 unspecified atom stereocenters. The van der Waals surface area contributed by atoms with Crippen molar-refractivity contribution in [1.82, 2.24) is 14.6 Å². The van der Waals surface area contributed by atoms with Gasteiger partial charge in [0.2, 0.25) is 11.6 Å². The van der Waals surface area contributed by atoms with E-state index >= 15 is 0 Å². The molecule has 0 radical (unpaired) electrons. The molecular weight excluding hydrogens is 434 g/mol. The average Bonchev–Trinajstić information content (AvgIpc) is 3.33. The Bertz CT molecular complexity index is 1490. The van der Waals surface area contributed by atoms with Crippen molar-refractivity contribution < 1.29 is 4.79 Å². The fourth-order valence-electron chi connectivity index (χ4n) is 4.00. The van der Waals surface area contributed by atoms with Crippen LogP contribution in [0.25, 0.3) is 22.3 Å². The van der Waals surface area contributed by atoms with Gasteiger partial charge < -0.3 is 11.1 Å². The van der Waals surface area contributed by atoms with Gasteiger partial charge in [-0.15, -0.1) is 5.10 Å². The monoisotopic (exact) mass is 459 g/mol. The minimum absolute atomic E-state index is 0.163. The van der Waals surface area contributed by atoms with Gasteiger partial charge in [0.05, 0.1) is 0 Å². The summed E-state index contributed by atoms with van der Waals surface area (Å²) in [5.74, 6) is 0.616. The minimum atomic E-state index is -0.163. The summed E-state index contributed by atoms with van der Waals surface area (Å²) >= 11 is 0. The molecule has 0 spiro atoms. The molecule has 5 rings (SSSR count). The highest BCUT2D eigenvalue weighted by molar-refractivity contribution is 5.96. The summed E-state index contributed by atoms with van der Waals surface area (Å²) in [6.07, 6.45) is 2.05. The van der Waals surface area contributed by atoms with E-state index in [1.54, 1.807) is 4.52 Å². The number of Topliss-reactive ketones (excluding diaryl/α,β-unsaturated/α-hetero) is 1. The quantitative estimate of drug-likeness (QED) is 0.305. The molecule has 0 saturated heterocycles. The number of ketones is 1. The zero-order valence-corrected chi connectivity index (χ0v) is 19.2. The predicted molar refractivity (Wildman–Crippen MR) is 140 cm³/mol. The molecule has 3 N–H and O–H groups in total. The van der Waals surface area contributed by atoms with Crippen LogP contribution in [-0.2, 0) is 13.0 Å². The number of carbonyl (C=O) groups is 1. The van der Waals surface area contributed by atoms with Crippen LogP contribution in [0.5, 0.6) is 0 Å². The first-order chi connectivity index (χ1) is 17.1. The molecule has 35 heavy (non-hydrogen) atoms. The number of nitrogens with two attached hydrogens (primary N) is 1. The molecule has 0 saturated carbocycles. The Morgan fingerprint density at radius 2 is 1.57 bits per heavy atom. The Hall–Kier alpha value is -4.71. The van der Waals surface area contributed by atoms with Crippen molar-refractivity contribution in [2.45, 2.75) is 13.0 Å². The van der Waals surface area contributed by atoms with Gasteiger partial charge >= 0.3 is 0 Å². The second-order valence-electron chi connectivity index (χ2n) is 8.33. The number of nitrogens with zero attached hydrogens (tertiary/aromatic N) is 3. The number of fused-ring (bicyclic) bond motifs is 1. The van der Waals surface area contributed by atoms with Gasteiger partial charge in [-0.1, -0.05) is 91.5 Å². The molecular formula is C29H25N5O. The van der Waals surface area contributed by atoms with Crippen molar-refractivity contribution >= 4 is 22.8 Å². The Morgan fingerprint density at radius 1 is 0.886 bits per heavy atom. The highest BCUT2D eigenvalue weighted by atomic mass is 16.1. The molecule has 5 aromatic rings. The third kappa shape index (κ3) is 4.82. The lowest BCUT2D eigenvalue weighted by atomic mass is 10.1. The Kier molecular flexibility index (Phi) is 6.09. The van der Waals surface area contributed by atoms with E-state index in [0.29, 0.717) is 18.1 Å². The zero-order valence-electron chi connectivity index (χ0n) is 19.2. The van der Waals surface area contributed by atoms with Gasteiger partial charge in [0, 0.05) is 30.4 Å². The second-order valence-corrected chi connectivity index (χ2v) is 8.33. The van der Waals surface area contributed by atoms with Crippen LogP contribution >= 0.6 is 0 Å². The molecule has 0 fully saturated rings. The molecule has 0 aliphatic rings. The van der Waals surface area contributed by atoms with Gasteiger partial charge in [0.1, 0.15) is 5.52 Å². The molecule has 3 aromatic carbocycles. The van der Waals surface area contributed by atoms with Crippen molar-refractivity contribution in [2.75, 3.05) is 5.32 Å². The number of hydrogen-bond donors (Lipinski definition) is 2. The molecule has 6 heteroatoms. The van der Waals surface area contributed by atoms with Crippen molar-refractivity contribution in [3.05, 3.63) is 126 Å². The summed E-state index contributed by atoms with van der Waals surface area (Å²) in [5.41, 5.74) is 11.9. The van der Waals surface area contributed by atoms with E-state index in [2.05, 4.69) is 34.1 Å². The van der Waals surface area contributed by atoms with Crippen LogP contribution in [0, 0.1) is 0 Å². The van der Waals surface area contributed by atoms with E-state index in [1.165, 1.54) is 0 Å². The molecule has 0 amide bonds. The van der Waals surface area contributed by atoms with Crippen LogP contribution in [0.4, 0.5) is 5.82 Å². The van der Waals surface area contributed by atoms with Crippen LogP contribution in [0.15, 0.2) is 104 Å². The van der Waals surface area contributed by atoms with Gasteiger partial charge in [-0.3, -0.25) is 4.79 Å². The summed E-state index contributed by atoms with van der Waals surface area (Å²) in [6, 6.07) is 29.6. The number of nitrogens with one attached hydrogen (secondary N) is 1. The van der Waals surface area contributed by atoms with E-state index in [-0.39, 0.29) is 18.0 Å². The van der Waals surface area contributed by atoms with E-state index in [1.807, 2.05) is 85.1 Å². The SMILES string of the molecule is C=C(N)c1ccc(CC(=O)c2nc(NCc3ccccc3)c3c(-c4ccccc4)ccn3n2)cc1. The molecule has 2 aromatic heterocycles. The minimum Gasteiger partial charge on any atom is -0.399 e. The molecule has 2 heterocycles. The molecule has 6 nitrogen and oxygen atoms in total. The van der Waals surface area contributed by atoms with Gasteiger partial charge in [0.25, 0.3) is 0 Å². The maximum Gasteiger partial charge on any atom is 0.218 e. The third-order valence-corrected chi connectivity index (χ3v) is 5.84. The van der Waals surface area contributed by atoms with E-state index in [0.717, 1.165) is 33.3 Å². The highest BCUT2D eigenvalue weighted by Gasteiger charge is 2.18. The van der Waals surface area contributed by atoms with Gasteiger partial charge in [-0.2, -0.15) is 0 Å². The lowest BCUT2D eigenvalue weighted by Gasteiger charge is -2.11. The topological polar surface area (TPSA) is 85.3 Å². The van der Waals surface area contributed by atoms with Gasteiger partial charge in [-0.05, 0) is 28.3 Å². The third-order valence-electron chi connectivity index (χ3n) is 5.84. The van der Waals surface area contributed by atoms with Crippen molar-refractivity contribution in [3.8, 4) is 11.1 Å². The normalized spacial score (nSPS) is 10.9. The number of rotatable bonds is 8. The molecule has 0 atom stereocenters. The number of aromatic nitrogens is 3. The largest absolute Gasteiger partial charge is 0.399 e. The fourth-order valence-corrected chi connectivity index (χ4v) is 4.00. The Balaban J connectivity index is 1.51. The molecule has 0 bridgehead atoms. The van der Waals surface area contributed by atoms with Gasteiger partial charge in [-0.25, -0.2) is 9.50 Å². The van der Waals surface area contributed by atoms with Crippen LogP contribution in [0.1, 0.15) is 27.3 Å². The summed E-state index contributed by atoms with van der Waals surface area (Å²) in [4.78, 5) is 17.9. The van der Waals surface area contributed by atoms with E-state index in [4.69, 9.17) is 5.73 Å². The van der Waals surface area contributed by atoms with E-state index in [9.17, 15) is 4.79 Å². The predicted octanol–water partition coefficient (Wildman–Crippen LogP) is 5.36. The summed E-state index contributed by atoms with van der Waals surface area (Å²) in [7, 11) is 0. The number of benzene rings is 3.